The quantitative estimate of drug-likeness (QED) is 0.321. The highest BCUT2D eigenvalue weighted by Crippen LogP contribution is 2.31. The number of ether oxygens (including phenoxy) is 2. The molecule has 0 unspecified atom stereocenters. The fraction of sp³-hybridized carbons (Fsp3) is 0.375. The van der Waals surface area contributed by atoms with Crippen molar-refractivity contribution in [1.82, 2.24) is 15.6 Å². The number of pyridine rings is 1. The number of halogens is 3. The SMILES string of the molecule is CCOC(=O)[C@H](CO)NC(=O)c1ccccc1C(F)(F)F.CCOC(=O)[C@H](CO)NC(=O)c1ccccn1. The molecule has 14 heteroatoms. The maximum Gasteiger partial charge on any atom is 0.417 e. The van der Waals surface area contributed by atoms with Crippen molar-refractivity contribution in [2.45, 2.75) is 32.1 Å². The average Bonchev–Trinajstić information content (AvgIpc) is 2.90. The van der Waals surface area contributed by atoms with Crippen LogP contribution in [0.15, 0.2) is 48.7 Å². The summed E-state index contributed by atoms with van der Waals surface area (Å²) in [5, 5.41) is 22.4. The monoisotopic (exact) mass is 543 g/mol. The van der Waals surface area contributed by atoms with Crippen molar-refractivity contribution in [3.8, 4) is 0 Å². The molecule has 0 aliphatic carbocycles. The number of benzene rings is 1. The topological polar surface area (TPSA) is 164 Å². The first kappa shape index (κ1) is 32.0. The molecule has 0 saturated carbocycles. The minimum absolute atomic E-state index is 0.0182. The summed E-state index contributed by atoms with van der Waals surface area (Å²) < 4.78 is 47.6. The number of carbonyl (C=O) groups excluding carboxylic acids is 4. The first-order valence-electron chi connectivity index (χ1n) is 11.2. The van der Waals surface area contributed by atoms with Crippen molar-refractivity contribution in [3.63, 3.8) is 0 Å². The first-order chi connectivity index (χ1) is 18.0. The molecule has 0 bridgehead atoms. The van der Waals surface area contributed by atoms with Gasteiger partial charge >= 0.3 is 18.1 Å². The number of aliphatic hydroxyl groups is 2. The van der Waals surface area contributed by atoms with E-state index < -0.39 is 66.4 Å². The van der Waals surface area contributed by atoms with E-state index in [1.165, 1.54) is 25.3 Å². The Balaban J connectivity index is 0.000000389. The van der Waals surface area contributed by atoms with E-state index >= 15 is 0 Å². The number of aliphatic hydroxyl groups excluding tert-OH is 2. The minimum Gasteiger partial charge on any atom is -0.464 e. The Morgan fingerprint density at radius 1 is 0.842 bits per heavy atom. The molecule has 2 aromatic rings. The van der Waals surface area contributed by atoms with Crippen LogP contribution in [0, 0.1) is 0 Å². The number of esters is 2. The second-order valence-electron chi connectivity index (χ2n) is 7.18. The van der Waals surface area contributed by atoms with Crippen molar-refractivity contribution in [2.75, 3.05) is 26.4 Å². The standard InChI is InChI=1S/C13H14F3NO4.C11H14N2O4/c1-2-21-12(20)10(7-18)17-11(19)8-5-3-4-6-9(8)13(14,15)16;1-2-17-11(16)9(7-14)13-10(15)8-5-3-4-6-12-8/h3-6,10,18H,2,7H2,1H3,(H,17,19);3-6,9,14H,2,7H2,1H3,(H,13,15)/t10-;9-/m00/s1. The zero-order valence-corrected chi connectivity index (χ0v) is 20.5. The molecule has 0 aliphatic rings. The third kappa shape index (κ3) is 10.1. The molecule has 0 spiro atoms. The third-order valence-corrected chi connectivity index (χ3v) is 4.49. The Morgan fingerprint density at radius 3 is 1.79 bits per heavy atom. The molecule has 0 aliphatic heterocycles. The summed E-state index contributed by atoms with van der Waals surface area (Å²) in [4.78, 5) is 50.0. The largest absolute Gasteiger partial charge is 0.464 e. The summed E-state index contributed by atoms with van der Waals surface area (Å²) in [6, 6.07) is 6.51. The summed E-state index contributed by atoms with van der Waals surface area (Å²) in [5.41, 5.74) is -1.58. The molecule has 2 rings (SSSR count). The fourth-order valence-corrected chi connectivity index (χ4v) is 2.74. The van der Waals surface area contributed by atoms with Crippen molar-refractivity contribution >= 4 is 23.8 Å². The summed E-state index contributed by atoms with van der Waals surface area (Å²) in [6.07, 6.45) is -3.24. The van der Waals surface area contributed by atoms with Crippen LogP contribution in [-0.4, -0.2) is 77.5 Å². The van der Waals surface area contributed by atoms with Gasteiger partial charge < -0.3 is 30.3 Å². The number of aromatic nitrogens is 1. The van der Waals surface area contributed by atoms with Crippen molar-refractivity contribution in [1.29, 1.82) is 0 Å². The number of carbonyl (C=O) groups is 4. The van der Waals surface area contributed by atoms with Gasteiger partial charge in [0, 0.05) is 6.20 Å². The van der Waals surface area contributed by atoms with E-state index in [1.54, 1.807) is 19.1 Å². The highest BCUT2D eigenvalue weighted by molar-refractivity contribution is 5.98. The number of nitrogens with one attached hydrogen (secondary N) is 2. The van der Waals surface area contributed by atoms with E-state index in [9.17, 15) is 32.3 Å². The van der Waals surface area contributed by atoms with Crippen LogP contribution in [-0.2, 0) is 25.2 Å². The van der Waals surface area contributed by atoms with E-state index in [0.29, 0.717) is 0 Å². The van der Waals surface area contributed by atoms with Gasteiger partial charge in [-0.1, -0.05) is 18.2 Å². The highest BCUT2D eigenvalue weighted by atomic mass is 19.4. The zero-order valence-electron chi connectivity index (χ0n) is 20.5. The zero-order chi connectivity index (χ0) is 28.7. The first-order valence-corrected chi connectivity index (χ1v) is 11.2. The molecular formula is C24H28F3N3O8. The predicted molar refractivity (Wildman–Crippen MR) is 126 cm³/mol. The van der Waals surface area contributed by atoms with Crippen LogP contribution in [0.1, 0.15) is 40.3 Å². The highest BCUT2D eigenvalue weighted by Gasteiger charge is 2.35. The molecule has 0 fully saturated rings. The molecule has 2 atom stereocenters. The molecule has 38 heavy (non-hydrogen) atoms. The smallest absolute Gasteiger partial charge is 0.417 e. The molecule has 11 nitrogen and oxygen atoms in total. The lowest BCUT2D eigenvalue weighted by molar-refractivity contribution is -0.147. The van der Waals surface area contributed by atoms with E-state index in [4.69, 9.17) is 14.9 Å². The Bertz CT molecular complexity index is 1070. The summed E-state index contributed by atoms with van der Waals surface area (Å²) in [6.45, 7) is 2.08. The second kappa shape index (κ2) is 15.9. The van der Waals surface area contributed by atoms with Gasteiger partial charge in [0.2, 0.25) is 0 Å². The van der Waals surface area contributed by atoms with Gasteiger partial charge in [-0.2, -0.15) is 13.2 Å². The molecule has 2 amide bonds. The van der Waals surface area contributed by atoms with Gasteiger partial charge in [0.15, 0.2) is 12.1 Å². The lowest BCUT2D eigenvalue weighted by Crippen LogP contribution is -2.44. The number of hydrogen-bond donors (Lipinski definition) is 4. The molecule has 1 aromatic heterocycles. The lowest BCUT2D eigenvalue weighted by Gasteiger charge is -2.17. The van der Waals surface area contributed by atoms with Crippen LogP contribution in [0.4, 0.5) is 13.2 Å². The van der Waals surface area contributed by atoms with Crippen molar-refractivity contribution in [3.05, 3.63) is 65.5 Å². The second-order valence-corrected chi connectivity index (χ2v) is 7.18. The van der Waals surface area contributed by atoms with Gasteiger partial charge in [-0.15, -0.1) is 0 Å². The number of amides is 2. The third-order valence-electron chi connectivity index (χ3n) is 4.49. The van der Waals surface area contributed by atoms with Crippen LogP contribution in [0.2, 0.25) is 0 Å². The summed E-state index contributed by atoms with van der Waals surface area (Å²) in [7, 11) is 0. The van der Waals surface area contributed by atoms with Gasteiger partial charge in [-0.3, -0.25) is 14.6 Å². The molecule has 0 radical (unpaired) electrons. The normalized spacial score (nSPS) is 12.2. The fourth-order valence-electron chi connectivity index (χ4n) is 2.74. The Labute approximate surface area is 216 Å². The summed E-state index contributed by atoms with van der Waals surface area (Å²) in [5.74, 6) is -3.23. The maximum atomic E-state index is 12.8. The van der Waals surface area contributed by atoms with Crippen LogP contribution >= 0.6 is 0 Å². The Hall–Kier alpha value is -4.04. The minimum atomic E-state index is -4.70. The number of hydrogen-bond acceptors (Lipinski definition) is 9. The van der Waals surface area contributed by atoms with E-state index in [1.807, 2.05) is 5.32 Å². The van der Waals surface area contributed by atoms with Crippen LogP contribution in [0.25, 0.3) is 0 Å². The molecule has 208 valence electrons. The Kier molecular flexibility index (Phi) is 13.4. The molecule has 1 aromatic carbocycles. The van der Waals surface area contributed by atoms with Gasteiger partial charge in [-0.25, -0.2) is 9.59 Å². The van der Waals surface area contributed by atoms with Gasteiger partial charge in [0.1, 0.15) is 5.69 Å². The molecule has 0 saturated heterocycles. The van der Waals surface area contributed by atoms with Gasteiger partial charge in [0.25, 0.3) is 11.8 Å². The van der Waals surface area contributed by atoms with Crippen LogP contribution < -0.4 is 10.6 Å². The van der Waals surface area contributed by atoms with Gasteiger partial charge in [-0.05, 0) is 38.1 Å². The number of alkyl halides is 3. The molecular weight excluding hydrogens is 515 g/mol. The lowest BCUT2D eigenvalue weighted by atomic mass is 10.1. The Morgan fingerprint density at radius 2 is 1.34 bits per heavy atom. The number of rotatable bonds is 10. The number of nitrogens with zero attached hydrogens (tertiary/aromatic N) is 1. The van der Waals surface area contributed by atoms with E-state index in [2.05, 4.69) is 15.0 Å². The van der Waals surface area contributed by atoms with Crippen LogP contribution in [0.3, 0.4) is 0 Å². The average molecular weight is 543 g/mol. The predicted octanol–water partition coefficient (Wildman–Crippen LogP) is 1.09. The van der Waals surface area contributed by atoms with Gasteiger partial charge in [0.05, 0.1) is 37.6 Å². The maximum absolute atomic E-state index is 12.8. The van der Waals surface area contributed by atoms with E-state index in [-0.39, 0.29) is 18.9 Å². The van der Waals surface area contributed by atoms with Crippen molar-refractivity contribution < 1.29 is 52.0 Å². The molecule has 4 N–H and O–H groups in total. The molecule has 1 heterocycles. The van der Waals surface area contributed by atoms with E-state index in [0.717, 1.165) is 18.2 Å². The van der Waals surface area contributed by atoms with Crippen LogP contribution in [0.5, 0.6) is 0 Å². The van der Waals surface area contributed by atoms with Crippen molar-refractivity contribution in [2.24, 2.45) is 0 Å². The summed E-state index contributed by atoms with van der Waals surface area (Å²) >= 11 is 0.